The van der Waals surface area contributed by atoms with Crippen molar-refractivity contribution in [1.29, 1.82) is 0 Å². The van der Waals surface area contributed by atoms with Crippen molar-refractivity contribution >= 4 is 15.9 Å². The second kappa shape index (κ2) is 7.23. The second-order valence-corrected chi connectivity index (χ2v) is 8.24. The Bertz CT molecular complexity index is 467. The van der Waals surface area contributed by atoms with Crippen molar-refractivity contribution in [1.82, 2.24) is 5.32 Å². The Balaban J connectivity index is 1.99. The number of hydrogen-bond acceptors (Lipinski definition) is 1. The van der Waals surface area contributed by atoms with E-state index in [-0.39, 0.29) is 11.4 Å². The molecule has 1 fully saturated rings. The molecule has 0 radical (unpaired) electrons. The van der Waals surface area contributed by atoms with Gasteiger partial charge in [-0.05, 0) is 92.0 Å². The fourth-order valence-electron chi connectivity index (χ4n) is 3.23. The summed E-state index contributed by atoms with van der Waals surface area (Å²) in [6, 6.07) is 5.45. The zero-order valence-corrected chi connectivity index (χ0v) is 15.0. The van der Waals surface area contributed by atoms with Crippen LogP contribution in [0.1, 0.15) is 52.0 Å². The maximum absolute atomic E-state index is 13.3. The van der Waals surface area contributed by atoms with Crippen molar-refractivity contribution in [2.45, 2.75) is 58.4 Å². The highest BCUT2D eigenvalue weighted by Crippen LogP contribution is 2.33. The molecule has 2 unspecified atom stereocenters. The summed E-state index contributed by atoms with van der Waals surface area (Å²) in [7, 11) is 0. The van der Waals surface area contributed by atoms with Crippen LogP contribution in [0.25, 0.3) is 0 Å². The van der Waals surface area contributed by atoms with Gasteiger partial charge in [0.2, 0.25) is 0 Å². The van der Waals surface area contributed by atoms with Crippen LogP contribution in [0.2, 0.25) is 0 Å². The molecule has 0 amide bonds. The van der Waals surface area contributed by atoms with Gasteiger partial charge < -0.3 is 5.32 Å². The summed E-state index contributed by atoms with van der Waals surface area (Å²) in [6.07, 6.45) is 6.36. The smallest absolute Gasteiger partial charge is 0.137 e. The van der Waals surface area contributed by atoms with Gasteiger partial charge in [-0.3, -0.25) is 0 Å². The van der Waals surface area contributed by atoms with Crippen molar-refractivity contribution in [3.05, 3.63) is 34.1 Å². The summed E-state index contributed by atoms with van der Waals surface area (Å²) in [6.45, 7) is 7.77. The molecule has 2 rings (SSSR count). The minimum absolute atomic E-state index is 0.173. The van der Waals surface area contributed by atoms with Gasteiger partial charge in [-0.2, -0.15) is 0 Å². The quantitative estimate of drug-likeness (QED) is 0.769. The topological polar surface area (TPSA) is 12.0 Å². The summed E-state index contributed by atoms with van der Waals surface area (Å²) in [4.78, 5) is 0. The van der Waals surface area contributed by atoms with Crippen LogP contribution in [-0.4, -0.2) is 12.1 Å². The highest BCUT2D eigenvalue weighted by atomic mass is 79.9. The monoisotopic (exact) mass is 355 g/mol. The molecule has 0 aromatic heterocycles. The van der Waals surface area contributed by atoms with Crippen LogP contribution < -0.4 is 5.32 Å². The predicted octanol–water partition coefficient (Wildman–Crippen LogP) is 5.33. The Labute approximate surface area is 136 Å². The number of halogens is 2. The Hall–Kier alpha value is -0.410. The van der Waals surface area contributed by atoms with Crippen LogP contribution in [0.15, 0.2) is 22.7 Å². The summed E-state index contributed by atoms with van der Waals surface area (Å²) in [5.74, 6) is 1.28. The molecule has 1 N–H and O–H groups in total. The molecular weight excluding hydrogens is 329 g/mol. The first-order valence-electron chi connectivity index (χ1n) is 8.04. The SMILES string of the molecule is CC(C)(C)NCC1CCCCC1Cc1ccc(F)c(Br)c1. The molecule has 1 aromatic carbocycles. The Morgan fingerprint density at radius 1 is 1.19 bits per heavy atom. The van der Waals surface area contributed by atoms with E-state index >= 15 is 0 Å². The highest BCUT2D eigenvalue weighted by Gasteiger charge is 2.26. The normalized spacial score (nSPS) is 23.3. The lowest BCUT2D eigenvalue weighted by molar-refractivity contribution is 0.213. The largest absolute Gasteiger partial charge is 0.312 e. The summed E-state index contributed by atoms with van der Waals surface area (Å²) >= 11 is 3.30. The van der Waals surface area contributed by atoms with E-state index in [0.717, 1.165) is 18.9 Å². The van der Waals surface area contributed by atoms with E-state index in [4.69, 9.17) is 0 Å². The molecule has 3 heteroatoms. The van der Waals surface area contributed by atoms with Crippen LogP contribution in [-0.2, 0) is 6.42 Å². The van der Waals surface area contributed by atoms with Crippen molar-refractivity contribution in [2.75, 3.05) is 6.54 Å². The molecular formula is C18H27BrFN. The third kappa shape index (κ3) is 5.37. The number of benzene rings is 1. The fraction of sp³-hybridized carbons (Fsp3) is 0.667. The van der Waals surface area contributed by atoms with Crippen LogP contribution in [0, 0.1) is 17.7 Å². The molecule has 118 valence electrons. The molecule has 1 saturated carbocycles. The molecule has 1 aliphatic carbocycles. The van der Waals surface area contributed by atoms with Crippen LogP contribution in [0.5, 0.6) is 0 Å². The van der Waals surface area contributed by atoms with Gasteiger partial charge in [-0.1, -0.05) is 18.9 Å². The van der Waals surface area contributed by atoms with Gasteiger partial charge in [0.1, 0.15) is 5.82 Å². The molecule has 1 aromatic rings. The number of rotatable bonds is 4. The molecule has 1 aliphatic rings. The lowest BCUT2D eigenvalue weighted by Crippen LogP contribution is -2.41. The van der Waals surface area contributed by atoms with Gasteiger partial charge in [0.05, 0.1) is 4.47 Å². The average molecular weight is 356 g/mol. The minimum atomic E-state index is -0.173. The van der Waals surface area contributed by atoms with E-state index in [2.05, 4.69) is 42.0 Å². The predicted molar refractivity (Wildman–Crippen MR) is 91.0 cm³/mol. The zero-order chi connectivity index (χ0) is 15.5. The first kappa shape index (κ1) is 17.0. The molecule has 0 heterocycles. The molecule has 1 nitrogen and oxygen atoms in total. The fourth-order valence-corrected chi connectivity index (χ4v) is 3.65. The Morgan fingerprint density at radius 3 is 2.48 bits per heavy atom. The van der Waals surface area contributed by atoms with E-state index in [9.17, 15) is 4.39 Å². The minimum Gasteiger partial charge on any atom is -0.312 e. The van der Waals surface area contributed by atoms with Crippen molar-refractivity contribution in [2.24, 2.45) is 11.8 Å². The van der Waals surface area contributed by atoms with E-state index in [0.29, 0.717) is 10.4 Å². The van der Waals surface area contributed by atoms with Crippen molar-refractivity contribution in [3.8, 4) is 0 Å². The lowest BCUT2D eigenvalue weighted by atomic mass is 9.76. The van der Waals surface area contributed by atoms with Crippen LogP contribution in [0.4, 0.5) is 4.39 Å². The molecule has 2 atom stereocenters. The third-order valence-corrected chi connectivity index (χ3v) is 5.05. The van der Waals surface area contributed by atoms with Gasteiger partial charge in [0, 0.05) is 5.54 Å². The average Bonchev–Trinajstić information content (AvgIpc) is 2.41. The zero-order valence-electron chi connectivity index (χ0n) is 13.4. The standard InChI is InChI=1S/C18H27BrFN/c1-18(2,3)21-12-15-7-5-4-6-14(15)10-13-8-9-17(20)16(19)11-13/h8-9,11,14-15,21H,4-7,10,12H2,1-3H3. The first-order chi connectivity index (χ1) is 9.85. The van der Waals surface area contributed by atoms with E-state index in [1.165, 1.54) is 31.2 Å². The van der Waals surface area contributed by atoms with Crippen LogP contribution in [0.3, 0.4) is 0 Å². The van der Waals surface area contributed by atoms with Gasteiger partial charge in [0.15, 0.2) is 0 Å². The van der Waals surface area contributed by atoms with E-state index < -0.39 is 0 Å². The van der Waals surface area contributed by atoms with Gasteiger partial charge in [0.25, 0.3) is 0 Å². The summed E-state index contributed by atoms with van der Waals surface area (Å²) in [5.41, 5.74) is 1.43. The van der Waals surface area contributed by atoms with E-state index in [1.54, 1.807) is 6.07 Å². The maximum atomic E-state index is 13.3. The molecule has 0 spiro atoms. The van der Waals surface area contributed by atoms with Gasteiger partial charge >= 0.3 is 0 Å². The second-order valence-electron chi connectivity index (χ2n) is 7.39. The first-order valence-corrected chi connectivity index (χ1v) is 8.83. The van der Waals surface area contributed by atoms with Gasteiger partial charge in [-0.15, -0.1) is 0 Å². The molecule has 21 heavy (non-hydrogen) atoms. The van der Waals surface area contributed by atoms with Crippen molar-refractivity contribution < 1.29 is 4.39 Å². The molecule has 0 bridgehead atoms. The van der Waals surface area contributed by atoms with Gasteiger partial charge in [-0.25, -0.2) is 4.39 Å². The summed E-state index contributed by atoms with van der Waals surface area (Å²) in [5, 5.41) is 3.66. The van der Waals surface area contributed by atoms with Crippen LogP contribution >= 0.6 is 15.9 Å². The Kier molecular flexibility index (Phi) is 5.84. The lowest BCUT2D eigenvalue weighted by Gasteiger charge is -2.34. The van der Waals surface area contributed by atoms with Crippen molar-refractivity contribution in [3.63, 3.8) is 0 Å². The number of hydrogen-bond donors (Lipinski definition) is 1. The third-order valence-electron chi connectivity index (χ3n) is 4.44. The molecule has 0 aliphatic heterocycles. The number of nitrogens with one attached hydrogen (secondary N) is 1. The molecule has 0 saturated heterocycles. The highest BCUT2D eigenvalue weighted by molar-refractivity contribution is 9.10. The van der Waals surface area contributed by atoms with E-state index in [1.807, 2.05) is 12.1 Å². The Morgan fingerprint density at radius 2 is 1.86 bits per heavy atom. The summed E-state index contributed by atoms with van der Waals surface area (Å²) < 4.78 is 13.9. The maximum Gasteiger partial charge on any atom is 0.137 e.